The van der Waals surface area contributed by atoms with Crippen LogP contribution >= 0.6 is 0 Å². The van der Waals surface area contributed by atoms with Crippen LogP contribution in [0.2, 0.25) is 0 Å². The summed E-state index contributed by atoms with van der Waals surface area (Å²) in [5.41, 5.74) is 3.40. The molecule has 138 valence electrons. The smallest absolute Gasteiger partial charge is 0.251 e. The number of hydrogen-bond donors (Lipinski definition) is 2. The largest absolute Gasteiger partial charge is 0.393 e. The highest BCUT2D eigenvalue weighted by Crippen LogP contribution is 2.26. The number of aromatic nitrogens is 2. The first-order valence-corrected chi connectivity index (χ1v) is 9.43. The topological polar surface area (TPSA) is 75.1 Å². The lowest BCUT2D eigenvalue weighted by Gasteiger charge is -2.26. The molecular weight excluding hydrogens is 338 g/mol. The minimum absolute atomic E-state index is 0.0633. The fraction of sp³-hybridized carbons (Fsp3) is 0.318. The molecule has 0 radical (unpaired) electrons. The van der Waals surface area contributed by atoms with E-state index in [2.05, 4.69) is 15.3 Å². The summed E-state index contributed by atoms with van der Waals surface area (Å²) < 4.78 is 0. The summed E-state index contributed by atoms with van der Waals surface area (Å²) in [6, 6.07) is 15.7. The Morgan fingerprint density at radius 3 is 2.44 bits per heavy atom. The minimum atomic E-state index is -0.219. The van der Waals surface area contributed by atoms with Gasteiger partial charge in [-0.05, 0) is 50.8 Å². The lowest BCUT2D eigenvalue weighted by Crippen LogP contribution is -2.38. The molecule has 0 spiro atoms. The van der Waals surface area contributed by atoms with Gasteiger partial charge in [0.05, 0.1) is 17.3 Å². The second-order valence-electron chi connectivity index (χ2n) is 7.19. The molecule has 1 aliphatic carbocycles. The third-order valence-corrected chi connectivity index (χ3v) is 5.17. The van der Waals surface area contributed by atoms with E-state index in [0.717, 1.165) is 53.7 Å². The molecule has 5 heteroatoms. The van der Waals surface area contributed by atoms with Gasteiger partial charge in [0.25, 0.3) is 5.91 Å². The van der Waals surface area contributed by atoms with Gasteiger partial charge in [0.2, 0.25) is 0 Å². The Balaban J connectivity index is 1.55. The molecule has 0 saturated heterocycles. The highest BCUT2D eigenvalue weighted by Gasteiger charge is 2.21. The second kappa shape index (κ2) is 7.45. The average Bonchev–Trinajstić information content (AvgIpc) is 2.69. The summed E-state index contributed by atoms with van der Waals surface area (Å²) in [4.78, 5) is 21.6. The molecule has 2 N–H and O–H groups in total. The van der Waals surface area contributed by atoms with Gasteiger partial charge in [0.1, 0.15) is 5.82 Å². The van der Waals surface area contributed by atoms with Crippen molar-refractivity contribution >= 4 is 16.8 Å². The molecule has 27 heavy (non-hydrogen) atoms. The zero-order chi connectivity index (χ0) is 18.8. The number of nitrogens with zero attached hydrogens (tertiary/aromatic N) is 2. The highest BCUT2D eigenvalue weighted by molar-refractivity contribution is 5.96. The number of fused-ring (bicyclic) bond motifs is 1. The number of benzene rings is 2. The third kappa shape index (κ3) is 3.83. The van der Waals surface area contributed by atoms with Crippen LogP contribution in [0.4, 0.5) is 0 Å². The van der Waals surface area contributed by atoms with Gasteiger partial charge in [-0.25, -0.2) is 9.97 Å². The van der Waals surface area contributed by atoms with Gasteiger partial charge in [-0.2, -0.15) is 0 Å². The van der Waals surface area contributed by atoms with E-state index in [9.17, 15) is 9.90 Å². The molecule has 4 rings (SSSR count). The average molecular weight is 361 g/mol. The summed E-state index contributed by atoms with van der Waals surface area (Å²) in [6.45, 7) is 1.89. The minimum Gasteiger partial charge on any atom is -0.393 e. The third-order valence-electron chi connectivity index (χ3n) is 5.17. The highest BCUT2D eigenvalue weighted by atomic mass is 16.3. The number of hydrogen-bond acceptors (Lipinski definition) is 4. The van der Waals surface area contributed by atoms with E-state index < -0.39 is 0 Å². The Labute approximate surface area is 158 Å². The van der Waals surface area contributed by atoms with Crippen molar-refractivity contribution in [3.63, 3.8) is 0 Å². The van der Waals surface area contributed by atoms with E-state index in [4.69, 9.17) is 0 Å². The molecule has 1 fully saturated rings. The summed E-state index contributed by atoms with van der Waals surface area (Å²) in [7, 11) is 0. The van der Waals surface area contributed by atoms with Crippen molar-refractivity contribution in [2.75, 3.05) is 0 Å². The summed E-state index contributed by atoms with van der Waals surface area (Å²) in [6.07, 6.45) is 2.95. The van der Waals surface area contributed by atoms with Crippen LogP contribution in [0.5, 0.6) is 0 Å². The Kier molecular flexibility index (Phi) is 4.86. The first-order valence-electron chi connectivity index (χ1n) is 9.43. The maximum atomic E-state index is 12.5. The van der Waals surface area contributed by atoms with Crippen LogP contribution in [0, 0.1) is 6.92 Å². The van der Waals surface area contributed by atoms with Crippen LogP contribution in [0.25, 0.3) is 22.2 Å². The molecule has 0 bridgehead atoms. The van der Waals surface area contributed by atoms with Crippen LogP contribution in [-0.4, -0.2) is 33.1 Å². The normalized spacial score (nSPS) is 19.8. The van der Waals surface area contributed by atoms with E-state index in [1.807, 2.05) is 55.5 Å². The molecule has 1 heterocycles. The van der Waals surface area contributed by atoms with Crippen LogP contribution < -0.4 is 5.32 Å². The van der Waals surface area contributed by atoms with Gasteiger partial charge in [-0.15, -0.1) is 0 Å². The van der Waals surface area contributed by atoms with E-state index in [1.54, 1.807) is 0 Å². The van der Waals surface area contributed by atoms with Crippen molar-refractivity contribution in [2.45, 2.75) is 44.8 Å². The van der Waals surface area contributed by atoms with Gasteiger partial charge in [-0.3, -0.25) is 4.79 Å². The molecule has 3 aromatic rings. The fourth-order valence-electron chi connectivity index (χ4n) is 3.68. The quantitative estimate of drug-likeness (QED) is 0.747. The van der Waals surface area contributed by atoms with Crippen LogP contribution in [0.15, 0.2) is 48.5 Å². The molecule has 1 aromatic heterocycles. The molecule has 0 atom stereocenters. The Morgan fingerprint density at radius 1 is 1.00 bits per heavy atom. The van der Waals surface area contributed by atoms with Crippen LogP contribution in [-0.2, 0) is 0 Å². The van der Waals surface area contributed by atoms with Gasteiger partial charge >= 0.3 is 0 Å². The molecule has 1 aliphatic rings. The van der Waals surface area contributed by atoms with Crippen LogP contribution in [0.3, 0.4) is 0 Å². The van der Waals surface area contributed by atoms with Crippen molar-refractivity contribution in [1.29, 1.82) is 0 Å². The predicted molar refractivity (Wildman–Crippen MR) is 105 cm³/mol. The second-order valence-corrected chi connectivity index (χ2v) is 7.19. The SMILES string of the molecule is Cc1nc(-c2ccc(C(=O)NC3CCC(O)CC3)cc2)c2ccccc2n1. The molecule has 1 amide bonds. The Bertz CT molecular complexity index is 961. The number of aliphatic hydroxyl groups excluding tert-OH is 1. The predicted octanol–water partition coefficient (Wildman–Crippen LogP) is 3.64. The van der Waals surface area contributed by atoms with E-state index in [1.165, 1.54) is 0 Å². The van der Waals surface area contributed by atoms with Crippen molar-refractivity contribution in [1.82, 2.24) is 15.3 Å². The summed E-state index contributed by atoms with van der Waals surface area (Å²) >= 11 is 0. The van der Waals surface area contributed by atoms with E-state index in [-0.39, 0.29) is 18.1 Å². The number of para-hydroxylation sites is 1. The Morgan fingerprint density at radius 2 is 1.70 bits per heavy atom. The monoisotopic (exact) mass is 361 g/mol. The maximum absolute atomic E-state index is 12.5. The lowest BCUT2D eigenvalue weighted by atomic mass is 9.93. The van der Waals surface area contributed by atoms with E-state index >= 15 is 0 Å². The molecule has 0 aliphatic heterocycles. The zero-order valence-electron chi connectivity index (χ0n) is 15.4. The first-order chi connectivity index (χ1) is 13.1. The van der Waals surface area contributed by atoms with Gasteiger partial charge in [-0.1, -0.05) is 30.3 Å². The number of amides is 1. The zero-order valence-corrected chi connectivity index (χ0v) is 15.4. The number of carbonyl (C=O) groups excluding carboxylic acids is 1. The number of aryl methyl sites for hydroxylation is 1. The van der Waals surface area contributed by atoms with Crippen molar-refractivity contribution in [3.8, 4) is 11.3 Å². The van der Waals surface area contributed by atoms with Crippen molar-refractivity contribution in [2.24, 2.45) is 0 Å². The standard InChI is InChI=1S/C22H23N3O2/c1-14-23-20-5-3-2-4-19(20)21(24-14)15-6-8-16(9-7-15)22(27)25-17-10-12-18(26)13-11-17/h2-9,17-18,26H,10-13H2,1H3,(H,25,27). The Hall–Kier alpha value is -2.79. The fourth-order valence-corrected chi connectivity index (χ4v) is 3.68. The van der Waals surface area contributed by atoms with Crippen molar-refractivity contribution in [3.05, 3.63) is 59.9 Å². The van der Waals surface area contributed by atoms with Gasteiger partial charge < -0.3 is 10.4 Å². The van der Waals surface area contributed by atoms with Gasteiger partial charge in [0.15, 0.2) is 0 Å². The van der Waals surface area contributed by atoms with Crippen molar-refractivity contribution < 1.29 is 9.90 Å². The number of nitrogens with one attached hydrogen (secondary N) is 1. The summed E-state index contributed by atoms with van der Waals surface area (Å²) in [5.74, 6) is 0.664. The van der Waals surface area contributed by atoms with Gasteiger partial charge in [0, 0.05) is 22.6 Å². The molecular formula is C22H23N3O2. The number of rotatable bonds is 3. The molecule has 0 unspecified atom stereocenters. The molecule has 5 nitrogen and oxygen atoms in total. The first kappa shape index (κ1) is 17.6. The lowest BCUT2D eigenvalue weighted by molar-refractivity contribution is 0.0867. The maximum Gasteiger partial charge on any atom is 0.251 e. The van der Waals surface area contributed by atoms with Crippen LogP contribution in [0.1, 0.15) is 41.9 Å². The summed E-state index contributed by atoms with van der Waals surface area (Å²) in [5, 5.41) is 13.7. The molecule has 2 aromatic carbocycles. The number of aliphatic hydroxyl groups is 1. The number of carbonyl (C=O) groups is 1. The molecule has 1 saturated carbocycles. The van der Waals surface area contributed by atoms with E-state index in [0.29, 0.717) is 5.56 Å².